The molecule has 0 bridgehead atoms. The highest BCUT2D eigenvalue weighted by Gasteiger charge is 2.40. The molecule has 0 radical (unpaired) electrons. The SMILES string of the molecule is CC1CCCC(N)(C(=O)N(C)CC(=O)NC2CC2)C1. The first kappa shape index (κ1) is 14.3. The molecule has 0 saturated heterocycles. The van der Waals surface area contributed by atoms with Crippen LogP contribution in [-0.4, -0.2) is 41.9 Å². The third kappa shape index (κ3) is 3.69. The number of rotatable bonds is 4. The number of carbonyl (C=O) groups excluding carboxylic acids is 2. The van der Waals surface area contributed by atoms with Crippen molar-refractivity contribution in [2.45, 2.75) is 57.0 Å². The van der Waals surface area contributed by atoms with Crippen LogP contribution in [-0.2, 0) is 9.59 Å². The Labute approximate surface area is 114 Å². The standard InChI is InChI=1S/C14H25N3O2/c1-10-4-3-7-14(15,8-10)13(19)17(2)9-12(18)16-11-5-6-11/h10-11H,3-9,15H2,1-2H3,(H,16,18). The first-order valence-electron chi connectivity index (χ1n) is 7.24. The largest absolute Gasteiger partial charge is 0.352 e. The summed E-state index contributed by atoms with van der Waals surface area (Å²) in [6.07, 6.45) is 5.69. The van der Waals surface area contributed by atoms with E-state index < -0.39 is 5.54 Å². The average Bonchev–Trinajstić information content (AvgIpc) is 3.11. The van der Waals surface area contributed by atoms with Crippen LogP contribution in [0.4, 0.5) is 0 Å². The van der Waals surface area contributed by atoms with Gasteiger partial charge < -0.3 is 16.0 Å². The van der Waals surface area contributed by atoms with E-state index in [4.69, 9.17) is 5.73 Å². The molecular weight excluding hydrogens is 242 g/mol. The molecule has 0 heterocycles. The summed E-state index contributed by atoms with van der Waals surface area (Å²) < 4.78 is 0. The van der Waals surface area contributed by atoms with Gasteiger partial charge in [-0.1, -0.05) is 19.8 Å². The van der Waals surface area contributed by atoms with Crippen LogP contribution in [0.2, 0.25) is 0 Å². The lowest BCUT2D eigenvalue weighted by atomic mass is 9.76. The Hall–Kier alpha value is -1.10. The number of carbonyl (C=O) groups is 2. The van der Waals surface area contributed by atoms with Crippen LogP contribution < -0.4 is 11.1 Å². The molecular formula is C14H25N3O2. The highest BCUT2D eigenvalue weighted by molar-refractivity contribution is 5.90. The summed E-state index contributed by atoms with van der Waals surface area (Å²) in [7, 11) is 1.67. The monoisotopic (exact) mass is 267 g/mol. The molecule has 2 unspecified atom stereocenters. The summed E-state index contributed by atoms with van der Waals surface area (Å²) in [5, 5.41) is 2.89. The number of nitrogens with one attached hydrogen (secondary N) is 1. The Morgan fingerprint density at radius 1 is 1.37 bits per heavy atom. The molecule has 0 aromatic carbocycles. The third-order valence-electron chi connectivity index (χ3n) is 4.13. The lowest BCUT2D eigenvalue weighted by molar-refractivity contribution is -0.140. The second-order valence-corrected chi connectivity index (χ2v) is 6.36. The number of hydrogen-bond donors (Lipinski definition) is 2. The molecule has 5 heteroatoms. The lowest BCUT2D eigenvalue weighted by Gasteiger charge is -2.37. The second-order valence-electron chi connectivity index (χ2n) is 6.36. The number of nitrogens with two attached hydrogens (primary N) is 1. The van der Waals surface area contributed by atoms with E-state index >= 15 is 0 Å². The smallest absolute Gasteiger partial charge is 0.242 e. The van der Waals surface area contributed by atoms with E-state index in [0.29, 0.717) is 12.0 Å². The van der Waals surface area contributed by atoms with Crippen LogP contribution in [0.15, 0.2) is 0 Å². The molecule has 19 heavy (non-hydrogen) atoms. The fraction of sp³-hybridized carbons (Fsp3) is 0.857. The molecule has 3 N–H and O–H groups in total. The van der Waals surface area contributed by atoms with Crippen molar-refractivity contribution in [3.05, 3.63) is 0 Å². The van der Waals surface area contributed by atoms with E-state index in [0.717, 1.165) is 38.5 Å². The summed E-state index contributed by atoms with van der Waals surface area (Å²) in [5.74, 6) is 0.312. The van der Waals surface area contributed by atoms with Gasteiger partial charge in [0.1, 0.15) is 0 Å². The van der Waals surface area contributed by atoms with Crippen LogP contribution in [0.1, 0.15) is 45.4 Å². The maximum Gasteiger partial charge on any atom is 0.242 e. The molecule has 2 aliphatic carbocycles. The van der Waals surface area contributed by atoms with Gasteiger partial charge in [0.15, 0.2) is 0 Å². The van der Waals surface area contributed by atoms with E-state index in [9.17, 15) is 9.59 Å². The second kappa shape index (κ2) is 5.49. The number of amides is 2. The topological polar surface area (TPSA) is 75.4 Å². The van der Waals surface area contributed by atoms with Crippen LogP contribution in [0.25, 0.3) is 0 Å². The van der Waals surface area contributed by atoms with E-state index in [2.05, 4.69) is 12.2 Å². The highest BCUT2D eigenvalue weighted by Crippen LogP contribution is 2.31. The van der Waals surface area contributed by atoms with Crippen molar-refractivity contribution in [2.75, 3.05) is 13.6 Å². The van der Waals surface area contributed by atoms with Crippen molar-refractivity contribution in [1.82, 2.24) is 10.2 Å². The fourth-order valence-corrected chi connectivity index (χ4v) is 2.95. The zero-order valence-electron chi connectivity index (χ0n) is 11.9. The van der Waals surface area contributed by atoms with Gasteiger partial charge in [0, 0.05) is 13.1 Å². The van der Waals surface area contributed by atoms with Gasteiger partial charge in [-0.15, -0.1) is 0 Å². The summed E-state index contributed by atoms with van der Waals surface area (Å²) in [5.41, 5.74) is 5.49. The van der Waals surface area contributed by atoms with Crippen molar-refractivity contribution < 1.29 is 9.59 Å². The summed E-state index contributed by atoms with van der Waals surface area (Å²) >= 11 is 0. The fourth-order valence-electron chi connectivity index (χ4n) is 2.95. The summed E-state index contributed by atoms with van der Waals surface area (Å²) in [6.45, 7) is 2.25. The van der Waals surface area contributed by atoms with E-state index in [1.807, 2.05) is 0 Å². The quantitative estimate of drug-likeness (QED) is 0.784. The molecule has 2 saturated carbocycles. The molecule has 2 atom stereocenters. The molecule has 2 fully saturated rings. The zero-order valence-corrected chi connectivity index (χ0v) is 11.9. The van der Waals surface area contributed by atoms with Crippen molar-refractivity contribution in [3.63, 3.8) is 0 Å². The van der Waals surface area contributed by atoms with Crippen molar-refractivity contribution >= 4 is 11.8 Å². The minimum absolute atomic E-state index is 0.0780. The Bertz CT molecular complexity index is 368. The van der Waals surface area contributed by atoms with Crippen molar-refractivity contribution in [1.29, 1.82) is 0 Å². The van der Waals surface area contributed by atoms with Gasteiger partial charge >= 0.3 is 0 Å². The Balaban J connectivity index is 1.87. The molecule has 2 amide bonds. The molecule has 108 valence electrons. The third-order valence-corrected chi connectivity index (χ3v) is 4.13. The normalized spacial score (nSPS) is 30.8. The predicted octanol–water partition coefficient (Wildman–Crippen LogP) is 0.631. The predicted molar refractivity (Wildman–Crippen MR) is 73.4 cm³/mol. The minimum atomic E-state index is -0.772. The Morgan fingerprint density at radius 2 is 2.05 bits per heavy atom. The van der Waals surface area contributed by atoms with Crippen LogP contribution >= 0.6 is 0 Å². The average molecular weight is 267 g/mol. The maximum absolute atomic E-state index is 12.4. The van der Waals surface area contributed by atoms with Gasteiger partial charge in [0.2, 0.25) is 11.8 Å². The lowest BCUT2D eigenvalue weighted by Crippen LogP contribution is -2.57. The van der Waals surface area contributed by atoms with Crippen LogP contribution in [0.3, 0.4) is 0 Å². The molecule has 0 spiro atoms. The summed E-state index contributed by atoms with van der Waals surface area (Å²) in [6, 6.07) is 0.331. The minimum Gasteiger partial charge on any atom is -0.352 e. The molecule has 0 aromatic rings. The van der Waals surface area contributed by atoms with Crippen molar-refractivity contribution in [2.24, 2.45) is 11.7 Å². The number of hydrogen-bond acceptors (Lipinski definition) is 3. The first-order chi connectivity index (χ1) is 8.90. The molecule has 2 aliphatic rings. The van der Waals surface area contributed by atoms with Gasteiger partial charge in [0.05, 0.1) is 12.1 Å². The number of likely N-dealkylation sites (N-methyl/N-ethyl adjacent to an activating group) is 1. The highest BCUT2D eigenvalue weighted by atomic mass is 16.2. The molecule has 0 aliphatic heterocycles. The van der Waals surface area contributed by atoms with Gasteiger partial charge in [0.25, 0.3) is 0 Å². The molecule has 5 nitrogen and oxygen atoms in total. The van der Waals surface area contributed by atoms with Gasteiger partial charge in [-0.3, -0.25) is 9.59 Å². The van der Waals surface area contributed by atoms with Crippen LogP contribution in [0.5, 0.6) is 0 Å². The van der Waals surface area contributed by atoms with Gasteiger partial charge in [-0.25, -0.2) is 0 Å². The molecule has 2 rings (SSSR count). The van der Waals surface area contributed by atoms with E-state index in [1.165, 1.54) is 4.90 Å². The first-order valence-corrected chi connectivity index (χ1v) is 7.24. The number of nitrogens with zero attached hydrogens (tertiary/aromatic N) is 1. The summed E-state index contributed by atoms with van der Waals surface area (Å²) in [4.78, 5) is 25.6. The Kier molecular flexibility index (Phi) is 4.13. The zero-order chi connectivity index (χ0) is 14.0. The van der Waals surface area contributed by atoms with E-state index in [1.54, 1.807) is 7.05 Å². The maximum atomic E-state index is 12.4. The van der Waals surface area contributed by atoms with Gasteiger partial charge in [-0.05, 0) is 31.6 Å². The van der Waals surface area contributed by atoms with Gasteiger partial charge in [-0.2, -0.15) is 0 Å². The molecule has 0 aromatic heterocycles. The van der Waals surface area contributed by atoms with E-state index in [-0.39, 0.29) is 18.4 Å². The Morgan fingerprint density at radius 3 is 2.63 bits per heavy atom. The van der Waals surface area contributed by atoms with Crippen molar-refractivity contribution in [3.8, 4) is 0 Å². The van der Waals surface area contributed by atoms with Crippen LogP contribution in [0, 0.1) is 5.92 Å².